The first-order valence-electron chi connectivity index (χ1n) is 8.80. The second-order valence-electron chi connectivity index (χ2n) is 5.89. The van der Waals surface area contributed by atoms with Gasteiger partial charge in [0.25, 0.3) is 0 Å². The SMILES string of the molecule is C(=Cc1ccccc1)/C=C/c1ccccc1/C=C/C=Cc1ccccc1. The van der Waals surface area contributed by atoms with Crippen molar-refractivity contribution in [3.63, 3.8) is 0 Å². The van der Waals surface area contributed by atoms with Crippen molar-refractivity contribution in [2.75, 3.05) is 0 Å². The van der Waals surface area contributed by atoms with Gasteiger partial charge in [-0.25, -0.2) is 0 Å². The molecule has 0 bridgehead atoms. The lowest BCUT2D eigenvalue weighted by Gasteiger charge is -1.99. The summed E-state index contributed by atoms with van der Waals surface area (Å²) in [5.74, 6) is 0. The minimum Gasteiger partial charge on any atom is -0.0622 e. The van der Waals surface area contributed by atoms with Crippen molar-refractivity contribution in [3.05, 3.63) is 131 Å². The van der Waals surface area contributed by atoms with Gasteiger partial charge in [0.15, 0.2) is 0 Å². The molecule has 0 N–H and O–H groups in total. The highest BCUT2D eigenvalue weighted by Gasteiger charge is 1.92. The number of hydrogen-bond acceptors (Lipinski definition) is 0. The molecule has 26 heavy (non-hydrogen) atoms. The van der Waals surface area contributed by atoms with Gasteiger partial charge < -0.3 is 0 Å². The molecule has 0 aliphatic carbocycles. The van der Waals surface area contributed by atoms with Crippen molar-refractivity contribution >= 4 is 24.3 Å². The molecule has 0 aliphatic rings. The maximum Gasteiger partial charge on any atom is -0.0184 e. The Labute approximate surface area is 156 Å². The van der Waals surface area contributed by atoms with Gasteiger partial charge in [-0.05, 0) is 22.3 Å². The molecule has 0 aromatic heterocycles. The van der Waals surface area contributed by atoms with Gasteiger partial charge in [-0.3, -0.25) is 0 Å². The van der Waals surface area contributed by atoms with Crippen LogP contribution in [0.5, 0.6) is 0 Å². The summed E-state index contributed by atoms with van der Waals surface area (Å²) in [4.78, 5) is 0. The highest BCUT2D eigenvalue weighted by Crippen LogP contribution is 2.13. The Bertz CT molecular complexity index is 832. The second-order valence-corrected chi connectivity index (χ2v) is 5.89. The van der Waals surface area contributed by atoms with Gasteiger partial charge >= 0.3 is 0 Å². The minimum atomic E-state index is 1.20. The van der Waals surface area contributed by atoms with E-state index >= 15 is 0 Å². The molecular formula is C26H22. The number of hydrogen-bond donors (Lipinski definition) is 0. The number of allylic oxidation sites excluding steroid dienone is 4. The van der Waals surface area contributed by atoms with E-state index in [0.29, 0.717) is 0 Å². The lowest BCUT2D eigenvalue weighted by Crippen LogP contribution is -1.78. The first-order valence-corrected chi connectivity index (χ1v) is 8.80. The molecule has 3 aromatic rings. The standard InChI is InChI=1S/C26H22/c1-3-13-23(14-4-1)17-7-9-19-25-21-11-12-22-26(25)20-10-8-18-24-15-5-2-6-16-24/h1-22H/b17-7?,18-8?,19-9+,20-10+. The summed E-state index contributed by atoms with van der Waals surface area (Å²) in [6.07, 6.45) is 16.8. The Balaban J connectivity index is 1.66. The highest BCUT2D eigenvalue weighted by atomic mass is 14.0. The molecule has 0 saturated heterocycles. The molecule has 0 aliphatic heterocycles. The molecule has 3 rings (SSSR count). The van der Waals surface area contributed by atoms with Crippen LogP contribution < -0.4 is 0 Å². The van der Waals surface area contributed by atoms with Crippen LogP contribution in [-0.2, 0) is 0 Å². The molecule has 0 saturated carbocycles. The molecule has 0 heteroatoms. The van der Waals surface area contributed by atoms with Gasteiger partial charge in [0.05, 0.1) is 0 Å². The van der Waals surface area contributed by atoms with E-state index in [2.05, 4.69) is 97.1 Å². The van der Waals surface area contributed by atoms with E-state index in [1.54, 1.807) is 0 Å². The maximum atomic E-state index is 2.14. The summed E-state index contributed by atoms with van der Waals surface area (Å²) in [6, 6.07) is 29.0. The Morgan fingerprint density at radius 1 is 0.346 bits per heavy atom. The Hall–Kier alpha value is -3.38. The van der Waals surface area contributed by atoms with Crippen LogP contribution in [0, 0.1) is 0 Å². The predicted octanol–water partition coefficient (Wildman–Crippen LogP) is 7.14. The van der Waals surface area contributed by atoms with Crippen LogP contribution >= 0.6 is 0 Å². The molecule has 0 heterocycles. The van der Waals surface area contributed by atoms with Crippen molar-refractivity contribution in [2.45, 2.75) is 0 Å². The van der Waals surface area contributed by atoms with Crippen LogP contribution in [-0.4, -0.2) is 0 Å². The molecule has 0 fully saturated rings. The van der Waals surface area contributed by atoms with Crippen LogP contribution in [0.15, 0.2) is 109 Å². The van der Waals surface area contributed by atoms with Crippen molar-refractivity contribution < 1.29 is 0 Å². The molecule has 0 spiro atoms. The van der Waals surface area contributed by atoms with E-state index in [9.17, 15) is 0 Å². The largest absolute Gasteiger partial charge is 0.0622 e. The van der Waals surface area contributed by atoms with Crippen LogP contribution in [0.1, 0.15) is 22.3 Å². The quantitative estimate of drug-likeness (QED) is 0.420. The van der Waals surface area contributed by atoms with Crippen LogP contribution in [0.4, 0.5) is 0 Å². The fourth-order valence-electron chi connectivity index (χ4n) is 2.59. The van der Waals surface area contributed by atoms with Gasteiger partial charge in [0.1, 0.15) is 0 Å². The van der Waals surface area contributed by atoms with E-state index in [-0.39, 0.29) is 0 Å². The van der Waals surface area contributed by atoms with Gasteiger partial charge in [-0.1, -0.05) is 134 Å². The third-order valence-corrected chi connectivity index (χ3v) is 3.95. The Kier molecular flexibility index (Phi) is 6.58. The monoisotopic (exact) mass is 334 g/mol. The summed E-state index contributed by atoms with van der Waals surface area (Å²) >= 11 is 0. The van der Waals surface area contributed by atoms with Gasteiger partial charge in [0.2, 0.25) is 0 Å². The normalized spacial score (nSPS) is 12.0. The average molecular weight is 334 g/mol. The highest BCUT2D eigenvalue weighted by molar-refractivity contribution is 5.68. The summed E-state index contributed by atoms with van der Waals surface area (Å²) in [5.41, 5.74) is 4.82. The van der Waals surface area contributed by atoms with E-state index in [1.807, 2.05) is 36.4 Å². The van der Waals surface area contributed by atoms with Gasteiger partial charge in [-0.15, -0.1) is 0 Å². The molecule has 0 atom stereocenters. The van der Waals surface area contributed by atoms with Crippen molar-refractivity contribution in [1.82, 2.24) is 0 Å². The third-order valence-electron chi connectivity index (χ3n) is 3.95. The summed E-state index contributed by atoms with van der Waals surface area (Å²) in [5, 5.41) is 0. The van der Waals surface area contributed by atoms with Gasteiger partial charge in [-0.2, -0.15) is 0 Å². The van der Waals surface area contributed by atoms with E-state index in [4.69, 9.17) is 0 Å². The maximum absolute atomic E-state index is 2.14. The zero-order valence-electron chi connectivity index (χ0n) is 14.7. The molecule has 0 amide bonds. The molecule has 0 unspecified atom stereocenters. The fraction of sp³-hybridized carbons (Fsp3) is 0. The first-order chi connectivity index (χ1) is 12.9. The van der Waals surface area contributed by atoms with Crippen LogP contribution in [0.2, 0.25) is 0 Å². The lowest BCUT2D eigenvalue weighted by molar-refractivity contribution is 1.61. The zero-order chi connectivity index (χ0) is 17.9. The van der Waals surface area contributed by atoms with E-state index < -0.39 is 0 Å². The summed E-state index contributed by atoms with van der Waals surface area (Å²) < 4.78 is 0. The Morgan fingerprint density at radius 2 is 0.692 bits per heavy atom. The third kappa shape index (κ3) is 5.61. The van der Waals surface area contributed by atoms with E-state index in [0.717, 1.165) is 0 Å². The molecule has 0 nitrogen and oxygen atoms in total. The molecule has 3 aromatic carbocycles. The molecule has 0 radical (unpaired) electrons. The van der Waals surface area contributed by atoms with Gasteiger partial charge in [0, 0.05) is 0 Å². The van der Waals surface area contributed by atoms with Crippen molar-refractivity contribution in [2.24, 2.45) is 0 Å². The smallest absolute Gasteiger partial charge is 0.0184 e. The van der Waals surface area contributed by atoms with E-state index in [1.165, 1.54) is 22.3 Å². The summed E-state index contributed by atoms with van der Waals surface area (Å²) in [7, 11) is 0. The molecule has 126 valence electrons. The minimum absolute atomic E-state index is 1.20. The van der Waals surface area contributed by atoms with Crippen LogP contribution in [0.3, 0.4) is 0 Å². The number of rotatable bonds is 6. The summed E-state index contributed by atoms with van der Waals surface area (Å²) in [6.45, 7) is 0. The Morgan fingerprint density at radius 3 is 1.12 bits per heavy atom. The average Bonchev–Trinajstić information content (AvgIpc) is 2.71. The molecular weight excluding hydrogens is 312 g/mol. The lowest BCUT2D eigenvalue weighted by atomic mass is 10.1. The predicted molar refractivity (Wildman–Crippen MR) is 115 cm³/mol. The first kappa shape index (κ1) is 17.4. The second kappa shape index (κ2) is 9.80. The zero-order valence-corrected chi connectivity index (χ0v) is 14.7. The van der Waals surface area contributed by atoms with Crippen LogP contribution in [0.25, 0.3) is 24.3 Å². The fourth-order valence-corrected chi connectivity index (χ4v) is 2.59. The van der Waals surface area contributed by atoms with Crippen molar-refractivity contribution in [1.29, 1.82) is 0 Å². The van der Waals surface area contributed by atoms with Crippen molar-refractivity contribution in [3.8, 4) is 0 Å². The topological polar surface area (TPSA) is 0 Å². The number of benzene rings is 3.